The predicted molar refractivity (Wildman–Crippen MR) is 135 cm³/mol. The van der Waals surface area contributed by atoms with E-state index in [1.807, 2.05) is 6.07 Å². The average Bonchev–Trinajstić information content (AvgIpc) is 3.16. The highest BCUT2D eigenvalue weighted by atomic mass is 32.2. The number of aromatic nitrogens is 1. The molecule has 2 N–H and O–H groups in total. The van der Waals surface area contributed by atoms with E-state index < -0.39 is 34.1 Å². The summed E-state index contributed by atoms with van der Waals surface area (Å²) in [6.45, 7) is 5.38. The molecule has 1 aromatic carbocycles. The fourth-order valence-corrected chi connectivity index (χ4v) is 6.13. The van der Waals surface area contributed by atoms with Crippen molar-refractivity contribution in [2.75, 3.05) is 6.54 Å². The summed E-state index contributed by atoms with van der Waals surface area (Å²) < 4.78 is 43.0. The van der Waals surface area contributed by atoms with Gasteiger partial charge in [0.2, 0.25) is 5.91 Å². The number of rotatable bonds is 4. The largest absolute Gasteiger partial charge is 0.378 e. The fourth-order valence-electron chi connectivity index (χ4n) is 4.86. The number of aliphatic imine (C=N–C) groups is 1. The van der Waals surface area contributed by atoms with E-state index in [0.717, 1.165) is 11.8 Å². The second kappa shape index (κ2) is 9.62. The summed E-state index contributed by atoms with van der Waals surface area (Å²) in [5.41, 5.74) is 5.79. The lowest BCUT2D eigenvalue weighted by Crippen LogP contribution is -2.53. The minimum atomic E-state index is -1.21. The van der Waals surface area contributed by atoms with Crippen molar-refractivity contribution in [2.45, 2.75) is 56.1 Å². The van der Waals surface area contributed by atoms with Gasteiger partial charge in [-0.15, -0.1) is 0 Å². The van der Waals surface area contributed by atoms with Crippen LogP contribution in [0.1, 0.15) is 56.0 Å². The van der Waals surface area contributed by atoms with E-state index in [2.05, 4.69) is 9.98 Å². The minimum Gasteiger partial charge on any atom is -0.378 e. The zero-order valence-corrected chi connectivity index (χ0v) is 21.0. The third-order valence-electron chi connectivity index (χ3n) is 6.74. The van der Waals surface area contributed by atoms with Crippen molar-refractivity contribution in [2.24, 2.45) is 10.7 Å². The molecule has 188 valence electrons. The summed E-state index contributed by atoms with van der Waals surface area (Å²) >= 11 is 1.09. The molecule has 1 fully saturated rings. The average molecular weight is 514 g/mol. The standard InChI is InChI=1S/C26H26F3N5OS/c1-15-19(27)8-9-34(15)23(35)26(3)14-25(2,33-24(31)36-26)18-10-16(4-6-20(18)28)11-21(29)22-7-5-17(12-30)13-32-22/h4-7,10-11,13,15,19H,8-9,14H2,1-3H3,(H2,31,33)/b21-11-/t15-,19-,25+,26-/m1/s1. The molecule has 6 nitrogen and oxygen atoms in total. The zero-order chi connectivity index (χ0) is 26.3. The third-order valence-corrected chi connectivity index (χ3v) is 7.81. The summed E-state index contributed by atoms with van der Waals surface area (Å²) in [6.07, 6.45) is 1.78. The fraction of sp³-hybridized carbons (Fsp3) is 0.385. The monoisotopic (exact) mass is 513 g/mol. The van der Waals surface area contributed by atoms with Gasteiger partial charge in [0.1, 0.15) is 28.6 Å². The first-order chi connectivity index (χ1) is 17.0. The molecule has 0 bridgehead atoms. The van der Waals surface area contributed by atoms with E-state index in [4.69, 9.17) is 11.0 Å². The Morgan fingerprint density at radius 1 is 1.33 bits per heavy atom. The number of nitrogens with zero attached hydrogens (tertiary/aromatic N) is 4. The molecular formula is C26H26F3N5OS. The van der Waals surface area contributed by atoms with Crippen LogP contribution in [-0.4, -0.2) is 44.5 Å². The van der Waals surface area contributed by atoms with Crippen LogP contribution in [0.25, 0.3) is 11.9 Å². The summed E-state index contributed by atoms with van der Waals surface area (Å²) in [4.78, 5) is 23.4. The number of hydrogen-bond acceptors (Lipinski definition) is 6. The normalized spacial score (nSPS) is 28.5. The van der Waals surface area contributed by atoms with E-state index in [9.17, 15) is 13.6 Å². The Labute approximate surface area is 212 Å². The Bertz CT molecular complexity index is 1290. The van der Waals surface area contributed by atoms with Crippen LogP contribution in [0.3, 0.4) is 0 Å². The zero-order valence-electron chi connectivity index (χ0n) is 20.1. The molecule has 10 heteroatoms. The summed E-state index contributed by atoms with van der Waals surface area (Å²) in [5, 5.41) is 9.01. The van der Waals surface area contributed by atoms with Crippen molar-refractivity contribution in [1.82, 2.24) is 9.88 Å². The van der Waals surface area contributed by atoms with Gasteiger partial charge in [-0.3, -0.25) is 14.8 Å². The van der Waals surface area contributed by atoms with Gasteiger partial charge in [-0.05, 0) is 63.1 Å². The number of nitriles is 1. The van der Waals surface area contributed by atoms with Crippen LogP contribution < -0.4 is 5.73 Å². The van der Waals surface area contributed by atoms with Gasteiger partial charge >= 0.3 is 0 Å². The Balaban J connectivity index is 1.67. The summed E-state index contributed by atoms with van der Waals surface area (Å²) in [7, 11) is 0. The number of amidine groups is 1. The number of halogens is 3. The van der Waals surface area contributed by atoms with Gasteiger partial charge in [0.25, 0.3) is 0 Å². The van der Waals surface area contributed by atoms with Crippen LogP contribution in [0.15, 0.2) is 41.5 Å². The number of carbonyl (C=O) groups excluding carboxylic acids is 1. The number of nitrogens with two attached hydrogens (primary N) is 1. The first-order valence-electron chi connectivity index (χ1n) is 11.5. The first kappa shape index (κ1) is 25.8. The van der Waals surface area contributed by atoms with Gasteiger partial charge in [-0.25, -0.2) is 13.2 Å². The minimum absolute atomic E-state index is 0.0338. The van der Waals surface area contributed by atoms with Crippen LogP contribution in [0, 0.1) is 17.1 Å². The van der Waals surface area contributed by atoms with Crippen LogP contribution in [-0.2, 0) is 10.3 Å². The highest BCUT2D eigenvalue weighted by Crippen LogP contribution is 2.47. The number of alkyl halides is 1. The van der Waals surface area contributed by atoms with Crippen molar-refractivity contribution in [3.05, 3.63) is 64.7 Å². The van der Waals surface area contributed by atoms with E-state index in [0.29, 0.717) is 17.7 Å². The quantitative estimate of drug-likeness (QED) is 0.625. The van der Waals surface area contributed by atoms with E-state index in [-0.39, 0.29) is 35.2 Å². The maximum Gasteiger partial charge on any atom is 0.239 e. The highest BCUT2D eigenvalue weighted by molar-refractivity contribution is 8.15. The molecular weight excluding hydrogens is 487 g/mol. The lowest BCUT2D eigenvalue weighted by molar-refractivity contribution is -0.135. The van der Waals surface area contributed by atoms with Gasteiger partial charge in [0, 0.05) is 24.7 Å². The Kier molecular flexibility index (Phi) is 6.88. The number of amides is 1. The molecule has 4 atom stereocenters. The van der Waals surface area contributed by atoms with E-state index in [1.165, 1.54) is 47.5 Å². The summed E-state index contributed by atoms with van der Waals surface area (Å²) in [5.74, 6) is -1.49. The van der Waals surface area contributed by atoms with Crippen LogP contribution >= 0.6 is 11.8 Å². The SMILES string of the molecule is C[C@@H]1[C@H](F)CCN1C(=O)[C@@]1(C)C[C@@](C)(c2cc(/C=C(\F)c3ccc(C#N)cn3)ccc2F)N=C(N)S1. The predicted octanol–water partition coefficient (Wildman–Crippen LogP) is 4.94. The van der Waals surface area contributed by atoms with Crippen molar-refractivity contribution in [3.63, 3.8) is 0 Å². The second-order valence-electron chi connectivity index (χ2n) is 9.55. The lowest BCUT2D eigenvalue weighted by atomic mass is 9.81. The molecule has 4 rings (SSSR count). The van der Waals surface area contributed by atoms with Crippen molar-refractivity contribution in [3.8, 4) is 6.07 Å². The van der Waals surface area contributed by atoms with Gasteiger partial charge in [-0.2, -0.15) is 5.26 Å². The van der Waals surface area contributed by atoms with E-state index >= 15 is 4.39 Å². The molecule has 2 aliphatic rings. The number of benzene rings is 1. The summed E-state index contributed by atoms with van der Waals surface area (Å²) in [6, 6.07) is 8.33. The van der Waals surface area contributed by atoms with Gasteiger partial charge in [-0.1, -0.05) is 17.8 Å². The number of pyridine rings is 1. The number of carbonyl (C=O) groups is 1. The molecule has 36 heavy (non-hydrogen) atoms. The number of thioether (sulfide) groups is 1. The highest BCUT2D eigenvalue weighted by Gasteiger charge is 2.51. The lowest BCUT2D eigenvalue weighted by Gasteiger charge is -2.42. The second-order valence-corrected chi connectivity index (χ2v) is 11.1. The molecule has 2 aromatic rings. The smallest absolute Gasteiger partial charge is 0.239 e. The number of hydrogen-bond donors (Lipinski definition) is 1. The molecule has 1 aromatic heterocycles. The maximum atomic E-state index is 15.1. The molecule has 0 spiro atoms. The molecule has 0 saturated carbocycles. The molecule has 1 amide bonds. The molecule has 0 unspecified atom stereocenters. The van der Waals surface area contributed by atoms with Crippen LogP contribution in [0.2, 0.25) is 0 Å². The molecule has 2 aliphatic heterocycles. The number of likely N-dealkylation sites (tertiary alicyclic amines) is 1. The Morgan fingerprint density at radius 2 is 2.08 bits per heavy atom. The van der Waals surface area contributed by atoms with Crippen molar-refractivity contribution < 1.29 is 18.0 Å². The van der Waals surface area contributed by atoms with Crippen molar-refractivity contribution in [1.29, 1.82) is 5.26 Å². The van der Waals surface area contributed by atoms with E-state index in [1.54, 1.807) is 20.8 Å². The Hall–Kier alpha value is -3.32. The maximum absolute atomic E-state index is 15.1. The van der Waals surface area contributed by atoms with Gasteiger partial charge in [0.05, 0.1) is 22.8 Å². The van der Waals surface area contributed by atoms with Crippen LogP contribution in [0.5, 0.6) is 0 Å². The van der Waals surface area contributed by atoms with Gasteiger partial charge in [0.15, 0.2) is 5.17 Å². The first-order valence-corrected chi connectivity index (χ1v) is 12.3. The van der Waals surface area contributed by atoms with Gasteiger partial charge < -0.3 is 10.6 Å². The third kappa shape index (κ3) is 4.85. The molecule has 0 radical (unpaired) electrons. The molecule has 1 saturated heterocycles. The molecule has 0 aliphatic carbocycles. The Morgan fingerprint density at radius 3 is 2.69 bits per heavy atom. The topological polar surface area (TPSA) is 95.4 Å². The molecule has 3 heterocycles. The van der Waals surface area contributed by atoms with Crippen molar-refractivity contribution >= 4 is 34.7 Å². The van der Waals surface area contributed by atoms with Crippen LogP contribution in [0.4, 0.5) is 13.2 Å².